The fourth-order valence-corrected chi connectivity index (χ4v) is 1.04. The summed E-state index contributed by atoms with van der Waals surface area (Å²) in [5.74, 6) is 7.28. The van der Waals surface area contributed by atoms with Crippen molar-refractivity contribution in [3.05, 3.63) is 17.7 Å². The van der Waals surface area contributed by atoms with Gasteiger partial charge in [-0.1, -0.05) is 19.3 Å². The van der Waals surface area contributed by atoms with Crippen LogP contribution in [0.5, 0.6) is 0 Å². The summed E-state index contributed by atoms with van der Waals surface area (Å²) in [5, 5.41) is 0. The van der Waals surface area contributed by atoms with Gasteiger partial charge in [0, 0.05) is 13.5 Å². The van der Waals surface area contributed by atoms with Crippen LogP contribution in [0.2, 0.25) is 0 Å². The summed E-state index contributed by atoms with van der Waals surface area (Å²) >= 11 is 0. The van der Waals surface area contributed by atoms with Gasteiger partial charge in [-0.15, -0.1) is 0 Å². The van der Waals surface area contributed by atoms with Crippen LogP contribution in [0.4, 0.5) is 0 Å². The molecule has 0 spiro atoms. The highest BCUT2D eigenvalue weighted by Gasteiger charge is 1.96. The van der Waals surface area contributed by atoms with E-state index in [-0.39, 0.29) is 0 Å². The molecule has 1 heterocycles. The number of aryl methyl sites for hydroxylation is 1. The molecule has 0 aliphatic rings. The normalized spacial score (nSPS) is 9.46. The Balaban J connectivity index is 2.61. The maximum Gasteiger partial charge on any atom is 0.112 e. The quantitative estimate of drug-likeness (QED) is 0.499. The van der Waals surface area contributed by atoms with Gasteiger partial charge < -0.3 is 4.57 Å². The third-order valence-corrected chi connectivity index (χ3v) is 2.09. The fraction of sp³-hybridized carbons (Fsp3) is 0.545. The van der Waals surface area contributed by atoms with Gasteiger partial charge in [0.05, 0.1) is 6.20 Å². The van der Waals surface area contributed by atoms with E-state index < -0.39 is 0 Å². The minimum atomic E-state index is 0.987. The number of rotatable bonds is 2. The van der Waals surface area contributed by atoms with Crippen molar-refractivity contribution in [2.45, 2.75) is 33.1 Å². The van der Waals surface area contributed by atoms with E-state index in [2.05, 4.69) is 23.7 Å². The summed E-state index contributed by atoms with van der Waals surface area (Å²) in [6, 6.07) is 0. The van der Waals surface area contributed by atoms with Crippen LogP contribution < -0.4 is 0 Å². The van der Waals surface area contributed by atoms with Crippen LogP contribution in [0.3, 0.4) is 0 Å². The molecule has 2 heteroatoms. The second-order valence-electron chi connectivity index (χ2n) is 3.15. The highest BCUT2D eigenvalue weighted by Crippen LogP contribution is 1.99. The summed E-state index contributed by atoms with van der Waals surface area (Å²) in [7, 11) is 1.99. The van der Waals surface area contributed by atoms with Crippen LogP contribution in [-0.2, 0) is 7.05 Å². The molecule has 70 valence electrons. The first-order valence-corrected chi connectivity index (χ1v) is 4.73. The van der Waals surface area contributed by atoms with Crippen molar-refractivity contribution < 1.29 is 0 Å². The van der Waals surface area contributed by atoms with Crippen molar-refractivity contribution in [3.63, 3.8) is 0 Å². The van der Waals surface area contributed by atoms with Gasteiger partial charge >= 0.3 is 0 Å². The molecule has 0 amide bonds. The van der Waals surface area contributed by atoms with Crippen LogP contribution in [0.25, 0.3) is 0 Å². The number of unbranched alkanes of at least 4 members (excludes halogenated alkanes) is 2. The van der Waals surface area contributed by atoms with Gasteiger partial charge in [0.1, 0.15) is 11.5 Å². The van der Waals surface area contributed by atoms with Crippen molar-refractivity contribution >= 4 is 0 Å². The van der Waals surface area contributed by atoms with Crippen molar-refractivity contribution in [2.24, 2.45) is 7.05 Å². The van der Waals surface area contributed by atoms with E-state index >= 15 is 0 Å². The molecule has 0 aliphatic heterocycles. The molecule has 1 rings (SSSR count). The third kappa shape index (κ3) is 2.62. The lowest BCUT2D eigenvalue weighted by Gasteiger charge is -1.94. The molecule has 2 nitrogen and oxygen atoms in total. The largest absolute Gasteiger partial charge is 0.325 e. The molecule has 0 saturated heterocycles. The summed E-state index contributed by atoms with van der Waals surface area (Å²) in [6.07, 6.45) is 5.21. The molecule has 1 aromatic heterocycles. The van der Waals surface area contributed by atoms with Gasteiger partial charge in [-0.05, 0) is 19.3 Å². The number of hydrogen-bond acceptors (Lipinski definition) is 1. The smallest absolute Gasteiger partial charge is 0.112 e. The first-order valence-electron chi connectivity index (χ1n) is 4.73. The average Bonchev–Trinajstić information content (AvgIpc) is 2.43. The van der Waals surface area contributed by atoms with Crippen LogP contribution in [-0.4, -0.2) is 9.55 Å². The minimum absolute atomic E-state index is 0.987. The second-order valence-corrected chi connectivity index (χ2v) is 3.15. The van der Waals surface area contributed by atoms with E-state index in [4.69, 9.17) is 0 Å². The Morgan fingerprint density at radius 3 is 2.85 bits per heavy atom. The third-order valence-electron chi connectivity index (χ3n) is 2.09. The monoisotopic (exact) mass is 176 g/mol. The maximum atomic E-state index is 4.18. The molecule has 0 atom stereocenters. The molecule has 0 aliphatic carbocycles. The summed E-state index contributed by atoms with van der Waals surface area (Å²) < 4.78 is 2.01. The molecular weight excluding hydrogens is 160 g/mol. The summed E-state index contributed by atoms with van der Waals surface area (Å²) in [4.78, 5) is 4.18. The van der Waals surface area contributed by atoms with E-state index in [1.54, 1.807) is 0 Å². The molecule has 0 aromatic carbocycles. The average molecular weight is 176 g/mol. The Bertz CT molecular complexity index is 326. The molecule has 1 aromatic rings. The number of aromatic nitrogens is 2. The zero-order valence-electron chi connectivity index (χ0n) is 8.59. The van der Waals surface area contributed by atoms with E-state index in [1.807, 2.05) is 24.7 Å². The first kappa shape index (κ1) is 9.85. The molecular formula is C11H16N2. The topological polar surface area (TPSA) is 17.8 Å². The second kappa shape index (κ2) is 4.71. The highest BCUT2D eigenvalue weighted by molar-refractivity contribution is 5.27. The Morgan fingerprint density at radius 2 is 2.31 bits per heavy atom. The fourth-order valence-electron chi connectivity index (χ4n) is 1.04. The lowest BCUT2D eigenvalue weighted by molar-refractivity contribution is 0.826. The van der Waals surface area contributed by atoms with Gasteiger partial charge in [-0.25, -0.2) is 4.98 Å². The number of imidazole rings is 1. The van der Waals surface area contributed by atoms with Gasteiger partial charge in [0.25, 0.3) is 0 Å². The molecule has 13 heavy (non-hydrogen) atoms. The molecule has 0 unspecified atom stereocenters. The Kier molecular flexibility index (Phi) is 3.57. The van der Waals surface area contributed by atoms with E-state index in [1.165, 1.54) is 12.8 Å². The van der Waals surface area contributed by atoms with Gasteiger partial charge in [-0.3, -0.25) is 0 Å². The summed E-state index contributed by atoms with van der Waals surface area (Å²) in [5.41, 5.74) is 1.01. The van der Waals surface area contributed by atoms with Gasteiger partial charge in [0.15, 0.2) is 0 Å². The van der Waals surface area contributed by atoms with Crippen LogP contribution in [0.15, 0.2) is 6.20 Å². The lowest BCUT2D eigenvalue weighted by atomic mass is 10.2. The Hall–Kier alpha value is -1.23. The lowest BCUT2D eigenvalue weighted by Crippen LogP contribution is -1.93. The van der Waals surface area contributed by atoms with Crippen molar-refractivity contribution in [3.8, 4) is 11.8 Å². The van der Waals surface area contributed by atoms with Gasteiger partial charge in [0.2, 0.25) is 0 Å². The molecule has 0 bridgehead atoms. The predicted octanol–water partition coefficient (Wildman–Crippen LogP) is 2.27. The highest BCUT2D eigenvalue weighted by atomic mass is 15.0. The maximum absolute atomic E-state index is 4.18. The van der Waals surface area contributed by atoms with Crippen molar-refractivity contribution in [1.29, 1.82) is 0 Å². The van der Waals surface area contributed by atoms with E-state index in [0.29, 0.717) is 0 Å². The van der Waals surface area contributed by atoms with Crippen LogP contribution in [0, 0.1) is 18.8 Å². The Labute approximate surface area is 80.0 Å². The summed E-state index contributed by atoms with van der Waals surface area (Å²) in [6.45, 7) is 4.16. The van der Waals surface area contributed by atoms with E-state index in [9.17, 15) is 0 Å². The van der Waals surface area contributed by atoms with Gasteiger partial charge in [-0.2, -0.15) is 0 Å². The van der Waals surface area contributed by atoms with Crippen LogP contribution >= 0.6 is 0 Å². The zero-order valence-corrected chi connectivity index (χ0v) is 8.59. The van der Waals surface area contributed by atoms with Crippen molar-refractivity contribution in [2.75, 3.05) is 0 Å². The van der Waals surface area contributed by atoms with Crippen LogP contribution in [0.1, 0.15) is 37.7 Å². The van der Waals surface area contributed by atoms with Crippen molar-refractivity contribution in [1.82, 2.24) is 9.55 Å². The molecule has 0 fully saturated rings. The standard InChI is InChI=1S/C11H16N2/c1-4-5-6-7-8-11-9-12-10(2)13(11)3/h9H,4-6H2,1-3H3. The first-order chi connectivity index (χ1) is 6.25. The molecule has 0 saturated carbocycles. The minimum Gasteiger partial charge on any atom is -0.325 e. The number of hydrogen-bond donors (Lipinski definition) is 0. The number of nitrogens with zero attached hydrogens (tertiary/aromatic N) is 2. The molecule has 0 N–H and O–H groups in total. The molecule has 0 radical (unpaired) electrons. The Morgan fingerprint density at radius 1 is 1.54 bits per heavy atom. The van der Waals surface area contributed by atoms with E-state index in [0.717, 1.165) is 17.9 Å². The zero-order chi connectivity index (χ0) is 9.68. The SMILES string of the molecule is CCCCC#Cc1cnc(C)n1C. The predicted molar refractivity (Wildman–Crippen MR) is 54.3 cm³/mol.